The van der Waals surface area contributed by atoms with Gasteiger partial charge in [0.05, 0.1) is 0 Å². The number of hydrogen-bond acceptors (Lipinski definition) is 1. The lowest BCUT2D eigenvalue weighted by Crippen LogP contribution is -2.59. The normalized spacial score (nSPS) is 37.0. The smallest absolute Gasteiger partial charge is 0.221 e. The highest BCUT2D eigenvalue weighted by Gasteiger charge is 2.51. The summed E-state index contributed by atoms with van der Waals surface area (Å²) in [6.45, 7) is 2.16. The Kier molecular flexibility index (Phi) is 3.51. The molecule has 0 spiro atoms. The Morgan fingerprint density at radius 3 is 2.18 bits per heavy atom. The van der Waals surface area contributed by atoms with Crippen molar-refractivity contribution in [2.45, 2.75) is 63.3 Å². The van der Waals surface area contributed by atoms with E-state index in [9.17, 15) is 4.79 Å². The minimum atomic E-state index is 0.155. The molecule has 4 aliphatic carbocycles. The molecule has 4 fully saturated rings. The average molecular weight is 297 g/mol. The van der Waals surface area contributed by atoms with Crippen LogP contribution in [-0.4, -0.2) is 11.4 Å². The van der Waals surface area contributed by atoms with Crippen molar-refractivity contribution in [3.8, 4) is 0 Å². The van der Waals surface area contributed by atoms with Gasteiger partial charge in [0, 0.05) is 12.0 Å². The third-order valence-electron chi connectivity index (χ3n) is 6.30. The Labute approximate surface area is 133 Å². The predicted molar refractivity (Wildman–Crippen MR) is 88.5 cm³/mol. The van der Waals surface area contributed by atoms with E-state index >= 15 is 0 Å². The lowest BCUT2D eigenvalue weighted by molar-refractivity contribution is -0.127. The fraction of sp³-hybridized carbons (Fsp3) is 0.650. The van der Waals surface area contributed by atoms with E-state index in [1.165, 1.54) is 44.1 Å². The molecule has 4 bridgehead atoms. The summed E-state index contributed by atoms with van der Waals surface area (Å²) in [7, 11) is 0. The van der Waals surface area contributed by atoms with E-state index in [1.807, 2.05) is 6.07 Å². The first-order valence-electron chi connectivity index (χ1n) is 8.98. The maximum atomic E-state index is 12.6. The fourth-order valence-corrected chi connectivity index (χ4v) is 5.79. The largest absolute Gasteiger partial charge is 0.351 e. The van der Waals surface area contributed by atoms with Gasteiger partial charge in [-0.15, -0.1) is 0 Å². The van der Waals surface area contributed by atoms with Gasteiger partial charge in [-0.1, -0.05) is 37.3 Å². The predicted octanol–water partition coefficient (Wildman–Crippen LogP) is 4.27. The van der Waals surface area contributed by atoms with Crippen molar-refractivity contribution < 1.29 is 4.79 Å². The lowest BCUT2D eigenvalue weighted by atomic mass is 9.53. The molecule has 0 aromatic heterocycles. The molecule has 4 saturated carbocycles. The monoisotopic (exact) mass is 297 g/mol. The van der Waals surface area contributed by atoms with Crippen molar-refractivity contribution in [3.63, 3.8) is 0 Å². The zero-order valence-electron chi connectivity index (χ0n) is 13.6. The summed E-state index contributed by atoms with van der Waals surface area (Å²) in [5.41, 5.74) is 1.42. The van der Waals surface area contributed by atoms with Gasteiger partial charge in [-0.25, -0.2) is 0 Å². The Hall–Kier alpha value is -1.31. The van der Waals surface area contributed by atoms with Crippen LogP contribution in [0.25, 0.3) is 0 Å². The van der Waals surface area contributed by atoms with Crippen LogP contribution in [0.2, 0.25) is 0 Å². The summed E-state index contributed by atoms with van der Waals surface area (Å²) in [6.07, 6.45) is 8.62. The van der Waals surface area contributed by atoms with Crippen LogP contribution in [0, 0.1) is 17.8 Å². The van der Waals surface area contributed by atoms with Gasteiger partial charge in [-0.3, -0.25) is 4.79 Å². The van der Waals surface area contributed by atoms with Crippen molar-refractivity contribution in [3.05, 3.63) is 35.9 Å². The standard InChI is InChI=1S/C20H27NO/c1-14(18-5-3-2-4-6-18)7-19(22)21-20-11-15-8-16(12-20)10-17(9-15)13-20/h2-6,14-17H,7-13H2,1H3,(H,21,22)/t14-,15?,16?,17?,20?/m0/s1. The highest BCUT2D eigenvalue weighted by atomic mass is 16.1. The zero-order valence-corrected chi connectivity index (χ0v) is 13.6. The van der Waals surface area contributed by atoms with Crippen molar-refractivity contribution in [2.75, 3.05) is 0 Å². The summed E-state index contributed by atoms with van der Waals surface area (Å²) in [4.78, 5) is 12.6. The molecule has 0 saturated heterocycles. The summed E-state index contributed by atoms with van der Waals surface area (Å²) in [6, 6.07) is 10.4. The Morgan fingerprint density at radius 1 is 1.09 bits per heavy atom. The molecule has 1 aromatic rings. The highest BCUT2D eigenvalue weighted by molar-refractivity contribution is 5.77. The molecule has 1 aromatic carbocycles. The molecule has 0 radical (unpaired) electrons. The Morgan fingerprint density at radius 2 is 1.64 bits per heavy atom. The first-order chi connectivity index (χ1) is 10.6. The summed E-state index contributed by atoms with van der Waals surface area (Å²) >= 11 is 0. The van der Waals surface area contributed by atoms with Crippen LogP contribution in [0.5, 0.6) is 0 Å². The van der Waals surface area contributed by atoms with Crippen LogP contribution in [0.1, 0.15) is 63.4 Å². The van der Waals surface area contributed by atoms with Crippen LogP contribution >= 0.6 is 0 Å². The second-order valence-electron chi connectivity index (χ2n) is 8.26. The molecular formula is C20H27NO. The van der Waals surface area contributed by atoms with E-state index in [0.717, 1.165) is 17.8 Å². The second-order valence-corrected chi connectivity index (χ2v) is 8.26. The summed E-state index contributed by atoms with van der Waals surface area (Å²) in [5, 5.41) is 3.49. The van der Waals surface area contributed by atoms with Gasteiger partial charge in [0.2, 0.25) is 5.91 Å². The van der Waals surface area contributed by atoms with E-state index in [0.29, 0.717) is 12.3 Å². The SMILES string of the molecule is C[C@@H](CC(=O)NC12CC3CC(CC(C3)C1)C2)c1ccccc1. The molecule has 0 unspecified atom stereocenters. The van der Waals surface area contributed by atoms with Crippen molar-refractivity contribution >= 4 is 5.91 Å². The third-order valence-corrected chi connectivity index (χ3v) is 6.30. The molecule has 1 atom stereocenters. The van der Waals surface area contributed by atoms with E-state index in [4.69, 9.17) is 0 Å². The van der Waals surface area contributed by atoms with Crippen LogP contribution in [0.15, 0.2) is 30.3 Å². The number of amides is 1. The molecule has 1 amide bonds. The molecular weight excluding hydrogens is 270 g/mol. The Balaban J connectivity index is 1.40. The van der Waals surface area contributed by atoms with Crippen molar-refractivity contribution in [1.29, 1.82) is 0 Å². The van der Waals surface area contributed by atoms with Crippen LogP contribution < -0.4 is 5.32 Å². The van der Waals surface area contributed by atoms with Gasteiger partial charge in [0.1, 0.15) is 0 Å². The molecule has 0 aliphatic heterocycles. The van der Waals surface area contributed by atoms with Crippen LogP contribution in [-0.2, 0) is 4.79 Å². The van der Waals surface area contributed by atoms with E-state index < -0.39 is 0 Å². The molecule has 4 aliphatic rings. The van der Waals surface area contributed by atoms with Crippen LogP contribution in [0.3, 0.4) is 0 Å². The summed E-state index contributed by atoms with van der Waals surface area (Å²) < 4.78 is 0. The molecule has 2 nitrogen and oxygen atoms in total. The van der Waals surface area contributed by atoms with Crippen molar-refractivity contribution in [1.82, 2.24) is 5.32 Å². The van der Waals surface area contributed by atoms with E-state index in [1.54, 1.807) is 0 Å². The number of nitrogens with one attached hydrogen (secondary N) is 1. The summed E-state index contributed by atoms with van der Waals surface area (Å²) in [5.74, 6) is 3.22. The van der Waals surface area contributed by atoms with Crippen LogP contribution in [0.4, 0.5) is 0 Å². The molecule has 5 rings (SSSR count). The first kappa shape index (κ1) is 14.3. The fourth-order valence-electron chi connectivity index (χ4n) is 5.79. The average Bonchev–Trinajstić information content (AvgIpc) is 2.45. The molecule has 2 heteroatoms. The van der Waals surface area contributed by atoms with Gasteiger partial charge < -0.3 is 5.32 Å². The molecule has 118 valence electrons. The number of rotatable bonds is 4. The quantitative estimate of drug-likeness (QED) is 0.883. The van der Waals surface area contributed by atoms with Gasteiger partial charge in [-0.2, -0.15) is 0 Å². The third kappa shape index (κ3) is 2.68. The minimum Gasteiger partial charge on any atom is -0.351 e. The van der Waals surface area contributed by atoms with E-state index in [-0.39, 0.29) is 11.4 Å². The van der Waals surface area contributed by atoms with E-state index in [2.05, 4.69) is 36.5 Å². The molecule has 22 heavy (non-hydrogen) atoms. The topological polar surface area (TPSA) is 29.1 Å². The highest BCUT2D eigenvalue weighted by Crippen LogP contribution is 2.55. The number of benzene rings is 1. The second kappa shape index (κ2) is 5.40. The minimum absolute atomic E-state index is 0.155. The van der Waals surface area contributed by atoms with Gasteiger partial charge >= 0.3 is 0 Å². The molecule has 0 heterocycles. The first-order valence-corrected chi connectivity index (χ1v) is 8.98. The van der Waals surface area contributed by atoms with Gasteiger partial charge in [0.15, 0.2) is 0 Å². The maximum Gasteiger partial charge on any atom is 0.221 e. The maximum absolute atomic E-state index is 12.6. The number of hydrogen-bond donors (Lipinski definition) is 1. The number of carbonyl (C=O) groups excluding carboxylic acids is 1. The Bertz CT molecular complexity index is 515. The van der Waals surface area contributed by atoms with Crippen molar-refractivity contribution in [2.24, 2.45) is 17.8 Å². The van der Waals surface area contributed by atoms with Gasteiger partial charge in [-0.05, 0) is 67.8 Å². The number of carbonyl (C=O) groups is 1. The lowest BCUT2D eigenvalue weighted by Gasteiger charge is -2.57. The van der Waals surface area contributed by atoms with Gasteiger partial charge in [0.25, 0.3) is 0 Å². The molecule has 1 N–H and O–H groups in total. The zero-order chi connectivity index (χ0) is 15.2.